The first-order valence-electron chi connectivity index (χ1n) is 7.92. The summed E-state index contributed by atoms with van der Waals surface area (Å²) in [7, 11) is 0. The molecule has 0 saturated carbocycles. The van der Waals surface area contributed by atoms with Gasteiger partial charge in [0.25, 0.3) is 0 Å². The van der Waals surface area contributed by atoms with Crippen LogP contribution in [0.2, 0.25) is 0 Å². The highest BCUT2D eigenvalue weighted by atomic mass is 32.1. The van der Waals surface area contributed by atoms with E-state index in [1.807, 2.05) is 11.3 Å². The SMILES string of the molecule is CCCNC(c1ccsc1C)C1CN2CCCC2CO1. The number of hydrogen-bond acceptors (Lipinski definition) is 4. The van der Waals surface area contributed by atoms with E-state index in [1.165, 1.54) is 36.2 Å². The average Bonchev–Trinajstić information content (AvgIpc) is 3.08. The number of hydrogen-bond donors (Lipinski definition) is 1. The van der Waals surface area contributed by atoms with Gasteiger partial charge in [-0.2, -0.15) is 0 Å². The molecule has 2 fully saturated rings. The van der Waals surface area contributed by atoms with Crippen LogP contribution in [0.4, 0.5) is 0 Å². The standard InChI is InChI=1S/C16H26N2OS/c1-3-7-17-16(14-6-9-20-12(14)2)15-10-18-8-4-5-13(18)11-19-15/h6,9,13,15-17H,3-5,7-8,10-11H2,1-2H3. The molecule has 0 aliphatic carbocycles. The van der Waals surface area contributed by atoms with Crippen molar-refractivity contribution in [2.45, 2.75) is 51.3 Å². The van der Waals surface area contributed by atoms with Crippen LogP contribution < -0.4 is 5.32 Å². The normalized spacial score (nSPS) is 28.5. The van der Waals surface area contributed by atoms with Gasteiger partial charge in [-0.1, -0.05) is 6.92 Å². The molecule has 4 heteroatoms. The van der Waals surface area contributed by atoms with Crippen molar-refractivity contribution in [1.29, 1.82) is 0 Å². The molecule has 3 rings (SSSR count). The van der Waals surface area contributed by atoms with Gasteiger partial charge in [-0.25, -0.2) is 0 Å². The molecule has 0 bridgehead atoms. The number of thiophene rings is 1. The van der Waals surface area contributed by atoms with Crippen LogP contribution in [0, 0.1) is 6.92 Å². The van der Waals surface area contributed by atoms with Crippen LogP contribution in [0.1, 0.15) is 42.7 Å². The summed E-state index contributed by atoms with van der Waals surface area (Å²) in [5, 5.41) is 5.92. The first-order chi connectivity index (χ1) is 9.79. The smallest absolute Gasteiger partial charge is 0.0897 e. The molecule has 2 aliphatic heterocycles. The van der Waals surface area contributed by atoms with Crippen LogP contribution in [0.15, 0.2) is 11.4 Å². The number of nitrogens with one attached hydrogen (secondary N) is 1. The Balaban J connectivity index is 1.73. The lowest BCUT2D eigenvalue weighted by Gasteiger charge is -2.39. The van der Waals surface area contributed by atoms with E-state index in [0.717, 1.165) is 19.7 Å². The molecule has 1 aromatic rings. The van der Waals surface area contributed by atoms with Crippen LogP contribution in [-0.4, -0.2) is 43.3 Å². The van der Waals surface area contributed by atoms with Crippen molar-refractivity contribution in [2.75, 3.05) is 26.2 Å². The number of fused-ring (bicyclic) bond motifs is 1. The minimum atomic E-state index is 0.296. The van der Waals surface area contributed by atoms with E-state index in [1.54, 1.807) is 0 Å². The first-order valence-corrected chi connectivity index (χ1v) is 8.80. The van der Waals surface area contributed by atoms with Gasteiger partial charge < -0.3 is 10.1 Å². The van der Waals surface area contributed by atoms with Crippen LogP contribution >= 0.6 is 11.3 Å². The molecule has 3 heterocycles. The monoisotopic (exact) mass is 294 g/mol. The predicted octanol–water partition coefficient (Wildman–Crippen LogP) is 2.96. The third-order valence-electron chi connectivity index (χ3n) is 4.64. The maximum atomic E-state index is 6.23. The number of ether oxygens (including phenoxy) is 1. The Bertz CT molecular complexity index is 434. The molecule has 0 spiro atoms. The van der Waals surface area contributed by atoms with Crippen molar-refractivity contribution in [2.24, 2.45) is 0 Å². The lowest BCUT2D eigenvalue weighted by atomic mass is 10.00. The number of rotatable bonds is 5. The minimum absolute atomic E-state index is 0.296. The summed E-state index contributed by atoms with van der Waals surface area (Å²) in [4.78, 5) is 4.06. The quantitative estimate of drug-likeness (QED) is 0.903. The number of morpholine rings is 1. The Labute approximate surface area is 126 Å². The van der Waals surface area contributed by atoms with Crippen LogP contribution in [-0.2, 0) is 4.74 Å². The van der Waals surface area contributed by atoms with E-state index < -0.39 is 0 Å². The Morgan fingerprint density at radius 1 is 1.55 bits per heavy atom. The summed E-state index contributed by atoms with van der Waals surface area (Å²) >= 11 is 1.84. The summed E-state index contributed by atoms with van der Waals surface area (Å²) in [6.45, 7) is 8.77. The molecule has 2 aliphatic rings. The number of nitrogens with zero attached hydrogens (tertiary/aromatic N) is 1. The predicted molar refractivity (Wildman–Crippen MR) is 84.4 cm³/mol. The molecule has 112 valence electrons. The van der Waals surface area contributed by atoms with E-state index in [-0.39, 0.29) is 0 Å². The van der Waals surface area contributed by atoms with E-state index in [9.17, 15) is 0 Å². The van der Waals surface area contributed by atoms with Gasteiger partial charge in [0.15, 0.2) is 0 Å². The fraction of sp³-hybridized carbons (Fsp3) is 0.750. The van der Waals surface area contributed by atoms with Crippen molar-refractivity contribution in [3.8, 4) is 0 Å². The molecular formula is C16H26N2OS. The molecule has 3 nitrogen and oxygen atoms in total. The average molecular weight is 294 g/mol. The highest BCUT2D eigenvalue weighted by Gasteiger charge is 2.36. The second-order valence-electron chi connectivity index (χ2n) is 6.03. The first kappa shape index (κ1) is 14.5. The fourth-order valence-electron chi connectivity index (χ4n) is 3.50. The van der Waals surface area contributed by atoms with E-state index in [2.05, 4.69) is 35.5 Å². The zero-order valence-electron chi connectivity index (χ0n) is 12.6. The summed E-state index contributed by atoms with van der Waals surface area (Å²) in [5.41, 5.74) is 1.44. The second-order valence-corrected chi connectivity index (χ2v) is 7.15. The summed E-state index contributed by atoms with van der Waals surface area (Å²) in [5.74, 6) is 0. The molecule has 0 radical (unpaired) electrons. The maximum absolute atomic E-state index is 6.23. The van der Waals surface area contributed by atoms with Gasteiger partial charge in [0.2, 0.25) is 0 Å². The van der Waals surface area contributed by atoms with E-state index in [0.29, 0.717) is 18.2 Å². The Morgan fingerprint density at radius 3 is 3.20 bits per heavy atom. The van der Waals surface area contributed by atoms with Crippen molar-refractivity contribution in [3.63, 3.8) is 0 Å². The molecule has 0 aromatic carbocycles. The third kappa shape index (κ3) is 2.93. The zero-order chi connectivity index (χ0) is 13.9. The van der Waals surface area contributed by atoms with Gasteiger partial charge >= 0.3 is 0 Å². The molecule has 1 N–H and O–H groups in total. The van der Waals surface area contributed by atoms with Crippen LogP contribution in [0.3, 0.4) is 0 Å². The molecule has 20 heavy (non-hydrogen) atoms. The Kier molecular flexibility index (Phi) is 4.76. The summed E-state index contributed by atoms with van der Waals surface area (Å²) in [6, 6.07) is 3.30. The minimum Gasteiger partial charge on any atom is -0.373 e. The lowest BCUT2D eigenvalue weighted by Crippen LogP contribution is -2.50. The highest BCUT2D eigenvalue weighted by Crippen LogP contribution is 2.31. The van der Waals surface area contributed by atoms with Gasteiger partial charge in [0.05, 0.1) is 18.8 Å². The maximum Gasteiger partial charge on any atom is 0.0897 e. The molecule has 0 amide bonds. The zero-order valence-corrected chi connectivity index (χ0v) is 13.4. The Hall–Kier alpha value is -0.420. The largest absolute Gasteiger partial charge is 0.373 e. The van der Waals surface area contributed by atoms with Crippen molar-refractivity contribution in [3.05, 3.63) is 21.9 Å². The molecular weight excluding hydrogens is 268 g/mol. The van der Waals surface area contributed by atoms with Crippen LogP contribution in [0.5, 0.6) is 0 Å². The molecule has 1 aromatic heterocycles. The van der Waals surface area contributed by atoms with Gasteiger partial charge in [0, 0.05) is 17.5 Å². The fourth-order valence-corrected chi connectivity index (χ4v) is 4.25. The van der Waals surface area contributed by atoms with Gasteiger partial charge in [0.1, 0.15) is 0 Å². The van der Waals surface area contributed by atoms with Gasteiger partial charge in [-0.15, -0.1) is 11.3 Å². The van der Waals surface area contributed by atoms with Crippen LogP contribution in [0.25, 0.3) is 0 Å². The lowest BCUT2D eigenvalue weighted by molar-refractivity contribution is -0.0652. The van der Waals surface area contributed by atoms with Gasteiger partial charge in [-0.3, -0.25) is 4.90 Å². The number of aryl methyl sites for hydroxylation is 1. The highest BCUT2D eigenvalue weighted by molar-refractivity contribution is 7.10. The van der Waals surface area contributed by atoms with E-state index in [4.69, 9.17) is 4.74 Å². The van der Waals surface area contributed by atoms with Crippen molar-refractivity contribution < 1.29 is 4.74 Å². The molecule has 2 saturated heterocycles. The summed E-state index contributed by atoms with van der Waals surface area (Å²) < 4.78 is 6.23. The topological polar surface area (TPSA) is 24.5 Å². The van der Waals surface area contributed by atoms with Crippen molar-refractivity contribution in [1.82, 2.24) is 10.2 Å². The van der Waals surface area contributed by atoms with Crippen molar-refractivity contribution >= 4 is 11.3 Å². The van der Waals surface area contributed by atoms with Gasteiger partial charge in [-0.05, 0) is 56.3 Å². The second kappa shape index (κ2) is 6.56. The van der Waals surface area contributed by atoms with E-state index >= 15 is 0 Å². The molecule has 3 unspecified atom stereocenters. The summed E-state index contributed by atoms with van der Waals surface area (Å²) in [6.07, 6.45) is 4.12. The Morgan fingerprint density at radius 2 is 2.45 bits per heavy atom. The third-order valence-corrected chi connectivity index (χ3v) is 5.50. The molecule has 3 atom stereocenters.